The Morgan fingerprint density at radius 1 is 1.06 bits per heavy atom. The minimum Gasteiger partial charge on any atom is -0.397 e. The highest BCUT2D eigenvalue weighted by Gasteiger charge is 2.34. The molecule has 171 valence electrons. The fourth-order valence-electron chi connectivity index (χ4n) is 4.12. The molecule has 0 unspecified atom stereocenters. The van der Waals surface area contributed by atoms with Crippen molar-refractivity contribution in [1.29, 1.82) is 0 Å². The summed E-state index contributed by atoms with van der Waals surface area (Å²) in [6.07, 6.45) is -1.58. The van der Waals surface area contributed by atoms with E-state index in [1.165, 1.54) is 12.5 Å². The lowest BCUT2D eigenvalue weighted by Gasteiger charge is -2.42. The van der Waals surface area contributed by atoms with E-state index >= 15 is 0 Å². The maximum atomic E-state index is 13.1. The number of amides is 3. The van der Waals surface area contributed by atoms with Crippen molar-refractivity contribution in [1.82, 2.24) is 14.7 Å². The number of carbonyl (C=O) groups excluding carboxylic acids is 2. The molecule has 1 aromatic carbocycles. The van der Waals surface area contributed by atoms with Crippen molar-refractivity contribution in [3.8, 4) is 0 Å². The molecule has 31 heavy (non-hydrogen) atoms. The number of alkyl halides is 3. The van der Waals surface area contributed by atoms with Gasteiger partial charge < -0.3 is 21.3 Å². The smallest absolute Gasteiger partial charge is 0.397 e. The Balaban J connectivity index is 1.49. The fourth-order valence-corrected chi connectivity index (χ4v) is 4.36. The molecule has 2 saturated heterocycles. The molecule has 0 spiro atoms. The molecule has 4 N–H and O–H groups in total. The summed E-state index contributed by atoms with van der Waals surface area (Å²) in [7, 11) is 0. The maximum Gasteiger partial charge on any atom is 0.418 e. The number of hydrogen-bond acceptors (Lipinski definition) is 4. The van der Waals surface area contributed by atoms with E-state index in [2.05, 4.69) is 4.90 Å². The van der Waals surface area contributed by atoms with Gasteiger partial charge in [0.2, 0.25) is 5.91 Å². The normalized spacial score (nSPS) is 19.0. The fraction of sp³-hybridized carbons (Fsp3) is 0.550. The van der Waals surface area contributed by atoms with Crippen LogP contribution in [-0.2, 0) is 17.4 Å². The second-order valence-electron chi connectivity index (χ2n) is 7.86. The Morgan fingerprint density at radius 3 is 2.23 bits per heavy atom. The topological polar surface area (TPSA) is 95.9 Å². The second-order valence-corrected chi connectivity index (χ2v) is 8.27. The molecule has 2 aliphatic heterocycles. The summed E-state index contributed by atoms with van der Waals surface area (Å²) in [6, 6.07) is 2.22. The third-order valence-electron chi connectivity index (χ3n) is 5.93. The lowest BCUT2D eigenvalue weighted by Crippen LogP contribution is -2.55. The minimum absolute atomic E-state index is 0.0386. The molecule has 3 amide bonds. The van der Waals surface area contributed by atoms with Crippen LogP contribution in [0.3, 0.4) is 0 Å². The monoisotopic (exact) mass is 460 g/mol. The number of primary amides is 1. The van der Waals surface area contributed by atoms with Gasteiger partial charge in [-0.25, -0.2) is 4.79 Å². The van der Waals surface area contributed by atoms with Crippen molar-refractivity contribution in [3.05, 3.63) is 34.7 Å². The first kappa shape index (κ1) is 23.5. The van der Waals surface area contributed by atoms with Crippen LogP contribution in [0.25, 0.3) is 0 Å². The van der Waals surface area contributed by atoms with Crippen molar-refractivity contribution < 1.29 is 22.8 Å². The number of nitrogens with two attached hydrogens (primary N) is 2. The summed E-state index contributed by atoms with van der Waals surface area (Å²) < 4.78 is 39.3. The Morgan fingerprint density at radius 2 is 1.68 bits per heavy atom. The highest BCUT2D eigenvalue weighted by Crippen LogP contribution is 2.38. The molecule has 11 heteroatoms. The van der Waals surface area contributed by atoms with Crippen LogP contribution in [0.15, 0.2) is 12.1 Å². The van der Waals surface area contributed by atoms with Gasteiger partial charge in [0.25, 0.3) is 0 Å². The quantitative estimate of drug-likeness (QED) is 0.674. The van der Waals surface area contributed by atoms with E-state index in [-0.39, 0.29) is 22.9 Å². The standard InChI is InChI=1S/C20H26ClF3N5O2/c21-16-12-13(11-15(18(16)25)20(22,23)24)1-2-17(30)28-5-3-14(4-6-28)27-7-9-29(10-8-27)19(26)31/h2,11-12,14H,1,3-10,25H2,(H2,26,31). The van der Waals surface area contributed by atoms with Gasteiger partial charge in [-0.1, -0.05) is 11.6 Å². The second kappa shape index (κ2) is 9.52. The summed E-state index contributed by atoms with van der Waals surface area (Å²) in [6.45, 7) is 3.87. The van der Waals surface area contributed by atoms with Gasteiger partial charge in [-0.3, -0.25) is 9.69 Å². The van der Waals surface area contributed by atoms with E-state index < -0.39 is 23.5 Å². The van der Waals surface area contributed by atoms with Crippen LogP contribution >= 0.6 is 11.6 Å². The van der Waals surface area contributed by atoms with Crippen LogP contribution in [0.5, 0.6) is 0 Å². The van der Waals surface area contributed by atoms with Crippen LogP contribution in [0.2, 0.25) is 5.02 Å². The molecule has 2 fully saturated rings. The van der Waals surface area contributed by atoms with Gasteiger partial charge in [-0.2, -0.15) is 13.2 Å². The number of piperidine rings is 1. The number of carbonyl (C=O) groups is 2. The average Bonchev–Trinajstić information content (AvgIpc) is 2.73. The van der Waals surface area contributed by atoms with E-state index in [4.69, 9.17) is 23.1 Å². The molecule has 7 nitrogen and oxygen atoms in total. The zero-order valence-electron chi connectivity index (χ0n) is 17.0. The lowest BCUT2D eigenvalue weighted by molar-refractivity contribution is -0.137. The van der Waals surface area contributed by atoms with Crippen molar-refractivity contribution in [3.63, 3.8) is 0 Å². The van der Waals surface area contributed by atoms with E-state index in [1.54, 1.807) is 9.80 Å². The van der Waals surface area contributed by atoms with Crippen molar-refractivity contribution in [2.75, 3.05) is 45.0 Å². The molecule has 3 rings (SSSR count). The molecular formula is C20H26ClF3N5O2. The van der Waals surface area contributed by atoms with Gasteiger partial charge in [0.15, 0.2) is 0 Å². The number of piperazine rings is 1. The number of urea groups is 1. The number of halogens is 4. The first-order valence-electron chi connectivity index (χ1n) is 10.1. The highest BCUT2D eigenvalue weighted by molar-refractivity contribution is 6.33. The van der Waals surface area contributed by atoms with Crippen LogP contribution in [0.4, 0.5) is 23.7 Å². The highest BCUT2D eigenvalue weighted by atomic mass is 35.5. The number of benzene rings is 1. The Kier molecular flexibility index (Phi) is 7.20. The van der Waals surface area contributed by atoms with Gasteiger partial charge in [0.05, 0.1) is 22.7 Å². The molecule has 2 aliphatic rings. The van der Waals surface area contributed by atoms with Crippen LogP contribution in [0.1, 0.15) is 24.0 Å². The van der Waals surface area contributed by atoms with Crippen LogP contribution in [0, 0.1) is 6.42 Å². The molecule has 0 aromatic heterocycles. The Bertz CT molecular complexity index is 820. The van der Waals surface area contributed by atoms with E-state index in [0.717, 1.165) is 32.0 Å². The zero-order chi connectivity index (χ0) is 22.8. The molecule has 1 aromatic rings. The Labute approximate surface area is 184 Å². The largest absolute Gasteiger partial charge is 0.418 e. The molecule has 2 heterocycles. The Hall–Kier alpha value is -2.20. The third-order valence-corrected chi connectivity index (χ3v) is 6.24. The molecule has 0 aliphatic carbocycles. The van der Waals surface area contributed by atoms with E-state index in [9.17, 15) is 22.8 Å². The van der Waals surface area contributed by atoms with Crippen molar-refractivity contribution in [2.45, 2.75) is 31.5 Å². The number of hydrogen-bond donors (Lipinski definition) is 2. The van der Waals surface area contributed by atoms with Gasteiger partial charge in [-0.05, 0) is 37.0 Å². The molecule has 1 radical (unpaired) electrons. The summed E-state index contributed by atoms with van der Waals surface area (Å²) in [4.78, 5) is 29.4. The molecular weight excluding hydrogens is 435 g/mol. The minimum atomic E-state index is -4.61. The van der Waals surface area contributed by atoms with Crippen LogP contribution < -0.4 is 11.5 Å². The predicted octanol–water partition coefficient (Wildman–Crippen LogP) is 2.38. The van der Waals surface area contributed by atoms with Gasteiger partial charge >= 0.3 is 12.2 Å². The van der Waals surface area contributed by atoms with Gasteiger partial charge in [0.1, 0.15) is 0 Å². The van der Waals surface area contributed by atoms with Crippen LogP contribution in [-0.4, -0.2) is 71.9 Å². The molecule has 0 atom stereocenters. The summed E-state index contributed by atoms with van der Waals surface area (Å²) in [5.74, 6) is -0.210. The molecule has 0 saturated carbocycles. The zero-order valence-corrected chi connectivity index (χ0v) is 17.8. The van der Waals surface area contributed by atoms with E-state index in [0.29, 0.717) is 32.2 Å². The first-order valence-corrected chi connectivity index (χ1v) is 10.5. The number of rotatable bonds is 4. The third kappa shape index (κ3) is 5.74. The van der Waals surface area contributed by atoms with Crippen molar-refractivity contribution in [2.24, 2.45) is 5.73 Å². The summed E-state index contributed by atoms with van der Waals surface area (Å²) in [5, 5.41) is -0.178. The summed E-state index contributed by atoms with van der Waals surface area (Å²) >= 11 is 5.84. The number of nitrogen functional groups attached to an aromatic ring is 1. The number of likely N-dealkylation sites (tertiary alicyclic amines) is 1. The van der Waals surface area contributed by atoms with E-state index in [1.807, 2.05) is 0 Å². The average molecular weight is 461 g/mol. The van der Waals surface area contributed by atoms with Gasteiger partial charge in [0, 0.05) is 45.3 Å². The lowest BCUT2D eigenvalue weighted by atomic mass is 10.0. The van der Waals surface area contributed by atoms with Crippen molar-refractivity contribution >= 4 is 29.2 Å². The molecule has 0 bridgehead atoms. The number of nitrogens with zero attached hydrogens (tertiary/aromatic N) is 3. The summed E-state index contributed by atoms with van der Waals surface area (Å²) in [5.41, 5.74) is 9.53. The SMILES string of the molecule is NC(=O)N1CCN(C2CCN(C(=O)[CH]Cc3cc(Cl)c(N)c(C(F)(F)F)c3)CC2)CC1. The van der Waals surface area contributed by atoms with Gasteiger partial charge in [-0.15, -0.1) is 0 Å². The predicted molar refractivity (Wildman–Crippen MR) is 111 cm³/mol. The maximum absolute atomic E-state index is 13.1. The number of anilines is 1. The first-order chi connectivity index (χ1) is 14.6.